The summed E-state index contributed by atoms with van der Waals surface area (Å²) >= 11 is 3.51. The van der Waals surface area contributed by atoms with E-state index in [0.717, 1.165) is 10.0 Å². The predicted octanol–water partition coefficient (Wildman–Crippen LogP) is 4.33. The minimum atomic E-state index is -0.996. The standard InChI is InChI=1S/C22H30BrNO6/c1-20(2,3)30-19(27)24-10-7-21(8-11-24)15-22(9-12-28-21,29-14-18(25)26)16-5-4-6-17(23)13-16/h4-6,13H,7-12,14-15H2,1-3H3,(H,25,26). The number of carbonyl (C=O) groups excluding carboxylic acids is 1. The molecule has 0 saturated carbocycles. The van der Waals surface area contributed by atoms with Crippen LogP contribution in [0.3, 0.4) is 0 Å². The summed E-state index contributed by atoms with van der Waals surface area (Å²) in [6.07, 6.45) is 2.12. The number of hydrogen-bond donors (Lipinski definition) is 1. The molecule has 2 fully saturated rings. The number of hydrogen-bond acceptors (Lipinski definition) is 5. The first-order valence-corrected chi connectivity index (χ1v) is 11.1. The van der Waals surface area contributed by atoms with E-state index in [1.807, 2.05) is 45.0 Å². The SMILES string of the molecule is CC(C)(C)OC(=O)N1CCC2(CC1)CC(OCC(=O)O)(c1cccc(Br)c1)CCO2. The van der Waals surface area contributed by atoms with Gasteiger partial charge in [-0.15, -0.1) is 0 Å². The van der Waals surface area contributed by atoms with Crippen molar-refractivity contribution in [3.05, 3.63) is 34.3 Å². The third kappa shape index (κ3) is 5.53. The first-order valence-electron chi connectivity index (χ1n) is 10.3. The van der Waals surface area contributed by atoms with Crippen LogP contribution >= 0.6 is 15.9 Å². The molecule has 1 unspecified atom stereocenters. The molecule has 1 aromatic carbocycles. The summed E-state index contributed by atoms with van der Waals surface area (Å²) < 4.78 is 18.7. The van der Waals surface area contributed by atoms with Gasteiger partial charge in [-0.2, -0.15) is 0 Å². The highest BCUT2D eigenvalue weighted by molar-refractivity contribution is 9.10. The van der Waals surface area contributed by atoms with Crippen molar-refractivity contribution in [3.63, 3.8) is 0 Å². The van der Waals surface area contributed by atoms with Crippen molar-refractivity contribution in [1.29, 1.82) is 0 Å². The molecular formula is C22H30BrNO6. The molecule has 0 radical (unpaired) electrons. The number of carbonyl (C=O) groups is 2. The Balaban J connectivity index is 1.77. The molecule has 2 saturated heterocycles. The van der Waals surface area contributed by atoms with Crippen LogP contribution in [0, 0.1) is 0 Å². The van der Waals surface area contributed by atoms with Crippen LogP contribution in [0.25, 0.3) is 0 Å². The Kier molecular flexibility index (Phi) is 6.79. The van der Waals surface area contributed by atoms with Crippen molar-refractivity contribution >= 4 is 28.0 Å². The molecule has 1 atom stereocenters. The molecule has 0 aromatic heterocycles. The molecule has 2 aliphatic heterocycles. The molecule has 7 nitrogen and oxygen atoms in total. The van der Waals surface area contributed by atoms with Crippen LogP contribution in [0.15, 0.2) is 28.7 Å². The highest BCUT2D eigenvalue weighted by Crippen LogP contribution is 2.47. The first-order chi connectivity index (χ1) is 14.0. The lowest BCUT2D eigenvalue weighted by Gasteiger charge is -2.50. The maximum Gasteiger partial charge on any atom is 0.410 e. The van der Waals surface area contributed by atoms with Gasteiger partial charge in [0.05, 0.1) is 17.8 Å². The molecule has 8 heteroatoms. The first kappa shape index (κ1) is 23.0. The molecule has 1 amide bonds. The van der Waals surface area contributed by atoms with E-state index in [1.54, 1.807) is 4.90 Å². The van der Waals surface area contributed by atoms with Crippen molar-refractivity contribution in [2.75, 3.05) is 26.3 Å². The van der Waals surface area contributed by atoms with Crippen LogP contribution in [0.1, 0.15) is 52.0 Å². The molecule has 2 heterocycles. The van der Waals surface area contributed by atoms with Gasteiger partial charge in [0, 0.05) is 30.4 Å². The maximum atomic E-state index is 12.4. The molecule has 166 valence electrons. The van der Waals surface area contributed by atoms with E-state index in [4.69, 9.17) is 14.2 Å². The van der Waals surface area contributed by atoms with E-state index in [2.05, 4.69) is 15.9 Å². The number of ether oxygens (including phenoxy) is 3. The van der Waals surface area contributed by atoms with Crippen LogP contribution in [-0.4, -0.2) is 59.6 Å². The number of rotatable bonds is 4. The third-order valence-corrected chi connectivity index (χ3v) is 6.16. The van der Waals surface area contributed by atoms with E-state index in [1.165, 1.54) is 0 Å². The van der Waals surface area contributed by atoms with E-state index < -0.39 is 22.8 Å². The fourth-order valence-corrected chi connectivity index (χ4v) is 4.66. The van der Waals surface area contributed by atoms with Crippen LogP contribution in [0.5, 0.6) is 0 Å². The highest BCUT2D eigenvalue weighted by Gasteiger charge is 2.49. The summed E-state index contributed by atoms with van der Waals surface area (Å²) in [6.45, 7) is 6.72. The molecule has 0 aliphatic carbocycles. The van der Waals surface area contributed by atoms with Crippen molar-refractivity contribution in [2.45, 2.75) is 63.3 Å². The Labute approximate surface area is 185 Å². The second-order valence-electron chi connectivity index (χ2n) is 9.11. The quantitative estimate of drug-likeness (QED) is 0.685. The Hall–Kier alpha value is -1.64. The number of amides is 1. The zero-order chi connectivity index (χ0) is 22.0. The van der Waals surface area contributed by atoms with Gasteiger partial charge in [-0.05, 0) is 51.3 Å². The van der Waals surface area contributed by atoms with Crippen LogP contribution in [-0.2, 0) is 24.6 Å². The largest absolute Gasteiger partial charge is 0.480 e. The van der Waals surface area contributed by atoms with Crippen molar-refractivity contribution in [2.24, 2.45) is 0 Å². The van der Waals surface area contributed by atoms with Gasteiger partial charge in [0.2, 0.25) is 0 Å². The molecule has 3 rings (SSSR count). The van der Waals surface area contributed by atoms with Gasteiger partial charge >= 0.3 is 12.1 Å². The Morgan fingerprint density at radius 2 is 1.93 bits per heavy atom. The maximum absolute atomic E-state index is 12.4. The Morgan fingerprint density at radius 3 is 2.53 bits per heavy atom. The predicted molar refractivity (Wildman–Crippen MR) is 114 cm³/mol. The van der Waals surface area contributed by atoms with Gasteiger partial charge in [0.1, 0.15) is 12.2 Å². The lowest BCUT2D eigenvalue weighted by atomic mass is 9.74. The topological polar surface area (TPSA) is 85.3 Å². The summed E-state index contributed by atoms with van der Waals surface area (Å²) in [4.78, 5) is 25.4. The molecule has 1 aromatic rings. The van der Waals surface area contributed by atoms with Crippen LogP contribution in [0.4, 0.5) is 4.79 Å². The lowest BCUT2D eigenvalue weighted by molar-refractivity contribution is -0.204. The monoisotopic (exact) mass is 483 g/mol. The van der Waals surface area contributed by atoms with E-state index in [-0.39, 0.29) is 12.7 Å². The second kappa shape index (κ2) is 8.85. The fourth-order valence-electron chi connectivity index (χ4n) is 4.26. The molecule has 1 N–H and O–H groups in total. The Bertz CT molecular complexity index is 784. The number of carboxylic acid groups (broad SMARTS) is 1. The van der Waals surface area contributed by atoms with Gasteiger partial charge < -0.3 is 24.2 Å². The minimum absolute atomic E-state index is 0.312. The zero-order valence-electron chi connectivity index (χ0n) is 17.8. The van der Waals surface area contributed by atoms with Crippen molar-refractivity contribution in [3.8, 4) is 0 Å². The summed E-state index contributed by atoms with van der Waals surface area (Å²) in [7, 11) is 0. The fraction of sp³-hybridized carbons (Fsp3) is 0.636. The number of piperidine rings is 1. The molecular weight excluding hydrogens is 454 g/mol. The summed E-state index contributed by atoms with van der Waals surface area (Å²) in [5.74, 6) is -0.996. The smallest absolute Gasteiger partial charge is 0.410 e. The van der Waals surface area contributed by atoms with Crippen LogP contribution < -0.4 is 0 Å². The minimum Gasteiger partial charge on any atom is -0.480 e. The average Bonchev–Trinajstić information content (AvgIpc) is 2.66. The molecule has 1 spiro atoms. The van der Waals surface area contributed by atoms with E-state index in [9.17, 15) is 14.7 Å². The average molecular weight is 484 g/mol. The summed E-state index contributed by atoms with van der Waals surface area (Å²) in [6, 6.07) is 7.82. The van der Waals surface area contributed by atoms with Gasteiger partial charge in [-0.3, -0.25) is 0 Å². The lowest BCUT2D eigenvalue weighted by Crippen LogP contribution is -2.55. The zero-order valence-corrected chi connectivity index (χ0v) is 19.4. The van der Waals surface area contributed by atoms with E-state index >= 15 is 0 Å². The van der Waals surface area contributed by atoms with E-state index in [0.29, 0.717) is 45.4 Å². The molecule has 30 heavy (non-hydrogen) atoms. The Morgan fingerprint density at radius 1 is 1.23 bits per heavy atom. The number of benzene rings is 1. The summed E-state index contributed by atoms with van der Waals surface area (Å²) in [5, 5.41) is 9.23. The molecule has 2 aliphatic rings. The highest BCUT2D eigenvalue weighted by atomic mass is 79.9. The normalized spacial score (nSPS) is 23.9. The van der Waals surface area contributed by atoms with Gasteiger partial charge in [-0.25, -0.2) is 9.59 Å². The number of nitrogens with zero attached hydrogens (tertiary/aromatic N) is 1. The number of carboxylic acids is 1. The number of aliphatic carboxylic acids is 1. The summed E-state index contributed by atoms with van der Waals surface area (Å²) in [5.41, 5.74) is -0.796. The van der Waals surface area contributed by atoms with Gasteiger partial charge in [0.15, 0.2) is 0 Å². The molecule has 0 bridgehead atoms. The second-order valence-corrected chi connectivity index (χ2v) is 10.0. The number of halogens is 1. The van der Waals surface area contributed by atoms with Crippen molar-refractivity contribution in [1.82, 2.24) is 4.90 Å². The van der Waals surface area contributed by atoms with Crippen molar-refractivity contribution < 1.29 is 28.9 Å². The van der Waals surface area contributed by atoms with Gasteiger partial charge in [-0.1, -0.05) is 28.1 Å². The van der Waals surface area contributed by atoms with Crippen LogP contribution in [0.2, 0.25) is 0 Å². The van der Waals surface area contributed by atoms with Gasteiger partial charge in [0.25, 0.3) is 0 Å². The third-order valence-electron chi connectivity index (χ3n) is 5.67. The number of likely N-dealkylation sites (tertiary alicyclic amines) is 1.